The third-order valence-electron chi connectivity index (χ3n) is 3.19. The summed E-state index contributed by atoms with van der Waals surface area (Å²) < 4.78 is 5.75. The fraction of sp³-hybridized carbons (Fsp3) is 0. The van der Waals surface area contributed by atoms with Crippen LogP contribution in [0.1, 0.15) is 15.9 Å². The van der Waals surface area contributed by atoms with E-state index in [1.807, 2.05) is 6.07 Å². The molecule has 3 rings (SSSR count). The number of hydrogen-bond donors (Lipinski definition) is 1. The van der Waals surface area contributed by atoms with Crippen molar-refractivity contribution in [2.45, 2.75) is 0 Å². The predicted octanol–water partition coefficient (Wildman–Crippen LogP) is 4.09. The van der Waals surface area contributed by atoms with E-state index < -0.39 is 0 Å². The molecule has 0 unspecified atom stereocenters. The number of nitrogen functional groups attached to an aromatic ring is 1. The van der Waals surface area contributed by atoms with Gasteiger partial charge in [0, 0.05) is 16.8 Å². The molecule has 1 radical (unpaired) electrons. The van der Waals surface area contributed by atoms with Gasteiger partial charge in [-0.3, -0.25) is 4.79 Å². The number of anilines is 1. The van der Waals surface area contributed by atoms with E-state index in [-0.39, 0.29) is 5.78 Å². The van der Waals surface area contributed by atoms with Crippen molar-refractivity contribution in [3.8, 4) is 11.5 Å². The van der Waals surface area contributed by atoms with E-state index in [4.69, 9.17) is 10.5 Å². The predicted molar refractivity (Wildman–Crippen MR) is 86.1 cm³/mol. The number of rotatable bonds is 4. The Morgan fingerprint density at radius 1 is 0.864 bits per heavy atom. The summed E-state index contributed by atoms with van der Waals surface area (Å²) in [4.78, 5) is 12.4. The second-order valence-corrected chi connectivity index (χ2v) is 4.82. The van der Waals surface area contributed by atoms with E-state index >= 15 is 0 Å². The van der Waals surface area contributed by atoms with Crippen molar-refractivity contribution < 1.29 is 9.53 Å². The third-order valence-corrected chi connectivity index (χ3v) is 3.19. The lowest BCUT2D eigenvalue weighted by atomic mass is 10.0. The number of benzene rings is 3. The Kier molecular flexibility index (Phi) is 3.88. The summed E-state index contributed by atoms with van der Waals surface area (Å²) in [5.74, 6) is 1.24. The summed E-state index contributed by atoms with van der Waals surface area (Å²) in [6, 6.07) is 24.1. The molecule has 107 valence electrons. The maximum atomic E-state index is 12.4. The van der Waals surface area contributed by atoms with Crippen molar-refractivity contribution in [1.82, 2.24) is 0 Å². The fourth-order valence-electron chi connectivity index (χ4n) is 2.08. The molecule has 0 saturated heterocycles. The minimum Gasteiger partial charge on any atom is -0.457 e. The Morgan fingerprint density at radius 2 is 1.59 bits per heavy atom. The highest BCUT2D eigenvalue weighted by atomic mass is 16.5. The van der Waals surface area contributed by atoms with Crippen LogP contribution in [0.15, 0.2) is 72.8 Å². The summed E-state index contributed by atoms with van der Waals surface area (Å²) in [6.07, 6.45) is 0. The van der Waals surface area contributed by atoms with Gasteiger partial charge in [0.05, 0.1) is 0 Å². The van der Waals surface area contributed by atoms with Crippen LogP contribution < -0.4 is 10.5 Å². The molecule has 22 heavy (non-hydrogen) atoms. The van der Waals surface area contributed by atoms with Gasteiger partial charge in [0.2, 0.25) is 0 Å². The maximum Gasteiger partial charge on any atom is 0.193 e. The molecule has 2 N–H and O–H groups in total. The Bertz CT molecular complexity index is 780. The van der Waals surface area contributed by atoms with Gasteiger partial charge in [-0.15, -0.1) is 0 Å². The first-order chi connectivity index (χ1) is 10.7. The molecular weight excluding hydrogens is 274 g/mol. The van der Waals surface area contributed by atoms with Crippen LogP contribution in [0.5, 0.6) is 11.5 Å². The number of carbonyl (C=O) groups is 1. The van der Waals surface area contributed by atoms with Crippen molar-refractivity contribution in [3.63, 3.8) is 0 Å². The van der Waals surface area contributed by atoms with Gasteiger partial charge in [0.25, 0.3) is 0 Å². The zero-order chi connectivity index (χ0) is 15.4. The van der Waals surface area contributed by atoms with E-state index in [0.29, 0.717) is 28.3 Å². The van der Waals surface area contributed by atoms with Crippen LogP contribution in [-0.2, 0) is 0 Å². The number of nitrogens with two attached hydrogens (primary N) is 1. The quantitative estimate of drug-likeness (QED) is 0.581. The van der Waals surface area contributed by atoms with Crippen LogP contribution >= 0.6 is 0 Å². The molecule has 0 aromatic heterocycles. The molecule has 0 amide bonds. The lowest BCUT2D eigenvalue weighted by molar-refractivity contribution is 0.103. The molecular formula is C19H14NO2. The van der Waals surface area contributed by atoms with Gasteiger partial charge >= 0.3 is 0 Å². The largest absolute Gasteiger partial charge is 0.457 e. The van der Waals surface area contributed by atoms with Crippen LogP contribution in [0.2, 0.25) is 0 Å². The molecule has 0 fully saturated rings. The lowest BCUT2D eigenvalue weighted by Crippen LogP contribution is -2.01. The molecule has 3 nitrogen and oxygen atoms in total. The first kappa shape index (κ1) is 13.9. The lowest BCUT2D eigenvalue weighted by Gasteiger charge is -2.07. The highest BCUT2D eigenvalue weighted by Gasteiger charge is 2.09. The van der Waals surface area contributed by atoms with Crippen molar-refractivity contribution in [1.29, 1.82) is 0 Å². The van der Waals surface area contributed by atoms with Crippen LogP contribution in [0.25, 0.3) is 0 Å². The molecule has 0 saturated carbocycles. The van der Waals surface area contributed by atoms with Crippen LogP contribution in [0.3, 0.4) is 0 Å². The zero-order valence-corrected chi connectivity index (χ0v) is 11.8. The van der Waals surface area contributed by atoms with Crippen LogP contribution in [0.4, 0.5) is 5.69 Å². The van der Waals surface area contributed by atoms with Gasteiger partial charge in [-0.05, 0) is 42.5 Å². The summed E-state index contributed by atoms with van der Waals surface area (Å²) in [7, 11) is 0. The normalized spacial score (nSPS) is 10.2. The van der Waals surface area contributed by atoms with Crippen molar-refractivity contribution >= 4 is 11.5 Å². The van der Waals surface area contributed by atoms with Gasteiger partial charge in [0.15, 0.2) is 5.78 Å². The Hall–Kier alpha value is -3.07. The summed E-state index contributed by atoms with van der Waals surface area (Å²) in [5.41, 5.74) is 7.53. The summed E-state index contributed by atoms with van der Waals surface area (Å²) in [6.45, 7) is 0. The highest BCUT2D eigenvalue weighted by Crippen LogP contribution is 2.24. The molecule has 0 aliphatic rings. The van der Waals surface area contributed by atoms with Gasteiger partial charge in [-0.2, -0.15) is 0 Å². The average molecular weight is 288 g/mol. The fourth-order valence-corrected chi connectivity index (χ4v) is 2.08. The molecule has 0 aliphatic carbocycles. The molecule has 0 spiro atoms. The first-order valence-corrected chi connectivity index (χ1v) is 6.87. The Balaban J connectivity index is 1.83. The van der Waals surface area contributed by atoms with Gasteiger partial charge in [0.1, 0.15) is 11.5 Å². The number of hydrogen-bond acceptors (Lipinski definition) is 3. The molecule has 3 heteroatoms. The molecule has 3 aromatic rings. The highest BCUT2D eigenvalue weighted by molar-refractivity contribution is 6.09. The van der Waals surface area contributed by atoms with Crippen molar-refractivity contribution in [2.24, 2.45) is 0 Å². The maximum absolute atomic E-state index is 12.4. The topological polar surface area (TPSA) is 52.3 Å². The second kappa shape index (κ2) is 6.14. The zero-order valence-electron chi connectivity index (χ0n) is 11.8. The van der Waals surface area contributed by atoms with Gasteiger partial charge < -0.3 is 10.5 Å². The third kappa shape index (κ3) is 3.15. The molecule has 3 aromatic carbocycles. The Morgan fingerprint density at radius 3 is 2.32 bits per heavy atom. The van der Waals surface area contributed by atoms with E-state index in [0.717, 1.165) is 0 Å². The number of carbonyl (C=O) groups excluding carboxylic acids is 1. The van der Waals surface area contributed by atoms with E-state index in [1.165, 1.54) is 0 Å². The number of ether oxygens (including phenoxy) is 1. The SMILES string of the molecule is Nc1ccc(Oc2cccc(C(=O)c3cc[c]cc3)c2)cc1. The van der Waals surface area contributed by atoms with Crippen molar-refractivity contribution in [2.75, 3.05) is 5.73 Å². The minimum absolute atomic E-state index is 0.0447. The van der Waals surface area contributed by atoms with Crippen LogP contribution in [0, 0.1) is 6.07 Å². The first-order valence-electron chi connectivity index (χ1n) is 6.87. The average Bonchev–Trinajstić information content (AvgIpc) is 2.57. The monoisotopic (exact) mass is 288 g/mol. The standard InChI is InChI=1S/C19H14NO2/c20-16-9-11-17(12-10-16)22-18-8-4-7-15(13-18)19(21)14-5-2-1-3-6-14/h2-13H,20H2. The Labute approximate surface area is 129 Å². The second-order valence-electron chi connectivity index (χ2n) is 4.82. The number of ketones is 1. The molecule has 0 heterocycles. The van der Waals surface area contributed by atoms with Crippen LogP contribution in [-0.4, -0.2) is 5.78 Å². The van der Waals surface area contributed by atoms with Crippen molar-refractivity contribution in [3.05, 3.63) is 90.0 Å². The van der Waals surface area contributed by atoms with E-state index in [9.17, 15) is 4.79 Å². The van der Waals surface area contributed by atoms with Gasteiger partial charge in [-0.25, -0.2) is 0 Å². The van der Waals surface area contributed by atoms with Gasteiger partial charge in [-0.1, -0.05) is 36.4 Å². The molecule has 0 bridgehead atoms. The summed E-state index contributed by atoms with van der Waals surface area (Å²) >= 11 is 0. The molecule has 0 atom stereocenters. The van der Waals surface area contributed by atoms with E-state index in [2.05, 4.69) is 6.07 Å². The minimum atomic E-state index is -0.0447. The smallest absolute Gasteiger partial charge is 0.193 e. The van der Waals surface area contributed by atoms with E-state index in [1.54, 1.807) is 66.7 Å². The molecule has 0 aliphatic heterocycles. The summed E-state index contributed by atoms with van der Waals surface area (Å²) in [5, 5.41) is 0.